The average molecular weight is 127 g/mol. The zero-order chi connectivity index (χ0) is 7.11. The van der Waals surface area contributed by atoms with E-state index in [-0.39, 0.29) is 0 Å². The second-order valence-electron chi connectivity index (χ2n) is 1.98. The lowest BCUT2D eigenvalue weighted by Gasteiger charge is -1.97. The van der Waals surface area contributed by atoms with Gasteiger partial charge < -0.3 is 0 Å². The summed E-state index contributed by atoms with van der Waals surface area (Å²) in [6.07, 6.45) is 6.96. The van der Waals surface area contributed by atoms with Gasteiger partial charge in [-0.05, 0) is 12.8 Å². The first-order chi connectivity index (χ1) is 4.31. The number of rotatable bonds is 4. The SMILES string of the molecule is C#CC(F)CCCC[CH2]. The molecule has 0 aliphatic carbocycles. The van der Waals surface area contributed by atoms with Gasteiger partial charge in [-0.3, -0.25) is 0 Å². The van der Waals surface area contributed by atoms with E-state index in [2.05, 4.69) is 6.92 Å². The molecule has 0 aliphatic heterocycles. The molecule has 0 spiro atoms. The summed E-state index contributed by atoms with van der Waals surface area (Å²) in [4.78, 5) is 0. The Balaban J connectivity index is 2.99. The lowest BCUT2D eigenvalue weighted by molar-refractivity contribution is 0.379. The van der Waals surface area contributed by atoms with Crippen molar-refractivity contribution in [2.45, 2.75) is 31.9 Å². The summed E-state index contributed by atoms with van der Waals surface area (Å²) in [5.41, 5.74) is 0. The van der Waals surface area contributed by atoms with Gasteiger partial charge in [-0.25, -0.2) is 4.39 Å². The molecule has 0 heterocycles. The van der Waals surface area contributed by atoms with Crippen molar-refractivity contribution in [2.75, 3.05) is 0 Å². The van der Waals surface area contributed by atoms with Gasteiger partial charge in [-0.15, -0.1) is 6.42 Å². The van der Waals surface area contributed by atoms with Crippen molar-refractivity contribution in [3.63, 3.8) is 0 Å². The summed E-state index contributed by atoms with van der Waals surface area (Å²) in [6, 6.07) is 0. The molecule has 0 rings (SSSR count). The highest BCUT2D eigenvalue weighted by Gasteiger charge is 1.98. The fourth-order valence-electron chi connectivity index (χ4n) is 0.584. The minimum absolute atomic E-state index is 0.492. The van der Waals surface area contributed by atoms with Gasteiger partial charge in [-0.2, -0.15) is 0 Å². The van der Waals surface area contributed by atoms with E-state index in [9.17, 15) is 4.39 Å². The molecule has 0 saturated carbocycles. The molecule has 9 heavy (non-hydrogen) atoms. The summed E-state index contributed by atoms with van der Waals surface area (Å²) < 4.78 is 12.2. The molecule has 0 aromatic carbocycles. The van der Waals surface area contributed by atoms with Crippen molar-refractivity contribution in [1.29, 1.82) is 0 Å². The number of terminal acetylenes is 1. The highest BCUT2D eigenvalue weighted by atomic mass is 19.1. The van der Waals surface area contributed by atoms with Crippen molar-refractivity contribution >= 4 is 0 Å². The van der Waals surface area contributed by atoms with Gasteiger partial charge in [-0.1, -0.05) is 25.7 Å². The van der Waals surface area contributed by atoms with Crippen LogP contribution in [-0.4, -0.2) is 6.17 Å². The summed E-state index contributed by atoms with van der Waals surface area (Å²) in [6.45, 7) is 3.63. The van der Waals surface area contributed by atoms with Gasteiger partial charge in [0, 0.05) is 0 Å². The third-order valence-electron chi connectivity index (χ3n) is 1.14. The Kier molecular flexibility index (Phi) is 5.30. The van der Waals surface area contributed by atoms with Crippen LogP contribution in [0, 0.1) is 19.3 Å². The maximum absolute atomic E-state index is 12.2. The van der Waals surface area contributed by atoms with E-state index in [4.69, 9.17) is 6.42 Å². The Labute approximate surface area is 56.5 Å². The Morgan fingerprint density at radius 2 is 2.22 bits per heavy atom. The molecule has 0 amide bonds. The standard InChI is InChI=1S/C8H12F/c1-3-5-6-7-8(9)4-2/h2,8H,1,3,5-7H2. The smallest absolute Gasteiger partial charge is 0.160 e. The fraction of sp³-hybridized carbons (Fsp3) is 0.625. The summed E-state index contributed by atoms with van der Waals surface area (Å²) >= 11 is 0. The maximum Gasteiger partial charge on any atom is 0.160 e. The summed E-state index contributed by atoms with van der Waals surface area (Å²) in [5.74, 6) is 2.04. The molecule has 0 aromatic heterocycles. The van der Waals surface area contributed by atoms with E-state index in [1.165, 1.54) is 0 Å². The molecule has 1 radical (unpaired) electrons. The van der Waals surface area contributed by atoms with Crippen molar-refractivity contribution in [2.24, 2.45) is 0 Å². The van der Waals surface area contributed by atoms with Crippen LogP contribution in [0.4, 0.5) is 4.39 Å². The zero-order valence-corrected chi connectivity index (χ0v) is 5.57. The lowest BCUT2D eigenvalue weighted by atomic mass is 10.1. The van der Waals surface area contributed by atoms with E-state index in [0.717, 1.165) is 19.3 Å². The third-order valence-corrected chi connectivity index (χ3v) is 1.14. The number of unbranched alkanes of at least 4 members (excludes halogenated alkanes) is 2. The molecule has 1 unspecified atom stereocenters. The number of hydrogen-bond donors (Lipinski definition) is 0. The normalized spacial score (nSPS) is 12.6. The monoisotopic (exact) mass is 127 g/mol. The highest BCUT2D eigenvalue weighted by molar-refractivity contribution is 4.93. The van der Waals surface area contributed by atoms with Crippen LogP contribution in [0.15, 0.2) is 0 Å². The Morgan fingerprint density at radius 3 is 2.67 bits per heavy atom. The van der Waals surface area contributed by atoms with Crippen LogP contribution in [0.1, 0.15) is 25.7 Å². The van der Waals surface area contributed by atoms with Gasteiger partial charge in [0.2, 0.25) is 0 Å². The summed E-state index contributed by atoms with van der Waals surface area (Å²) in [5, 5.41) is 0. The first kappa shape index (κ1) is 8.49. The van der Waals surface area contributed by atoms with Gasteiger partial charge >= 0.3 is 0 Å². The van der Waals surface area contributed by atoms with Crippen molar-refractivity contribution in [1.82, 2.24) is 0 Å². The first-order valence-electron chi connectivity index (χ1n) is 3.20. The molecule has 51 valence electrons. The molecule has 0 saturated heterocycles. The third kappa shape index (κ3) is 5.36. The molecular formula is C8H12F. The molecule has 1 atom stereocenters. The predicted molar refractivity (Wildman–Crippen MR) is 37.6 cm³/mol. The van der Waals surface area contributed by atoms with E-state index < -0.39 is 6.17 Å². The second kappa shape index (κ2) is 5.62. The van der Waals surface area contributed by atoms with Gasteiger partial charge in [0.1, 0.15) is 0 Å². The number of halogens is 1. The van der Waals surface area contributed by atoms with Crippen LogP contribution in [0.3, 0.4) is 0 Å². The van der Waals surface area contributed by atoms with Crippen molar-refractivity contribution in [3.05, 3.63) is 6.92 Å². The molecule has 0 nitrogen and oxygen atoms in total. The fourth-order valence-corrected chi connectivity index (χ4v) is 0.584. The van der Waals surface area contributed by atoms with Crippen molar-refractivity contribution < 1.29 is 4.39 Å². The van der Waals surface area contributed by atoms with Crippen LogP contribution in [0.25, 0.3) is 0 Å². The van der Waals surface area contributed by atoms with Crippen molar-refractivity contribution in [3.8, 4) is 12.3 Å². The maximum atomic E-state index is 12.2. The molecular weight excluding hydrogens is 115 g/mol. The molecule has 0 fully saturated rings. The minimum atomic E-state index is -1.04. The Morgan fingerprint density at radius 1 is 1.56 bits per heavy atom. The van der Waals surface area contributed by atoms with Gasteiger partial charge in [0.25, 0.3) is 0 Å². The van der Waals surface area contributed by atoms with Crippen LogP contribution < -0.4 is 0 Å². The van der Waals surface area contributed by atoms with Gasteiger partial charge in [0.05, 0.1) is 0 Å². The van der Waals surface area contributed by atoms with E-state index in [1.807, 2.05) is 5.92 Å². The number of alkyl halides is 1. The minimum Gasteiger partial charge on any atom is -0.233 e. The predicted octanol–water partition coefficient (Wildman–Crippen LogP) is 2.35. The second-order valence-corrected chi connectivity index (χ2v) is 1.98. The van der Waals surface area contributed by atoms with E-state index in [0.29, 0.717) is 6.42 Å². The molecule has 0 bridgehead atoms. The molecule has 1 heteroatoms. The topological polar surface area (TPSA) is 0 Å². The van der Waals surface area contributed by atoms with Crippen LogP contribution in [-0.2, 0) is 0 Å². The highest BCUT2D eigenvalue weighted by Crippen LogP contribution is 2.04. The molecule has 0 aromatic rings. The molecule has 0 aliphatic rings. The van der Waals surface area contributed by atoms with Crippen LogP contribution in [0.2, 0.25) is 0 Å². The number of hydrogen-bond acceptors (Lipinski definition) is 0. The average Bonchev–Trinajstić information content (AvgIpc) is 1.89. The summed E-state index contributed by atoms with van der Waals surface area (Å²) in [7, 11) is 0. The van der Waals surface area contributed by atoms with E-state index in [1.54, 1.807) is 0 Å². The quantitative estimate of drug-likeness (QED) is 0.401. The van der Waals surface area contributed by atoms with E-state index >= 15 is 0 Å². The van der Waals surface area contributed by atoms with Crippen LogP contribution in [0.5, 0.6) is 0 Å². The Bertz CT molecular complexity index is 91.2. The lowest BCUT2D eigenvalue weighted by Crippen LogP contribution is -1.93. The Hall–Kier alpha value is -0.510. The van der Waals surface area contributed by atoms with Crippen LogP contribution >= 0.6 is 0 Å². The first-order valence-corrected chi connectivity index (χ1v) is 3.20. The molecule has 0 N–H and O–H groups in total. The van der Waals surface area contributed by atoms with Gasteiger partial charge in [0.15, 0.2) is 6.17 Å². The zero-order valence-electron chi connectivity index (χ0n) is 5.57. The largest absolute Gasteiger partial charge is 0.233 e.